The third-order valence-corrected chi connectivity index (χ3v) is 3.71. The average molecular weight is 319 g/mol. The van der Waals surface area contributed by atoms with Gasteiger partial charge in [-0.2, -0.15) is 0 Å². The van der Waals surface area contributed by atoms with E-state index in [4.69, 9.17) is 4.74 Å². The highest BCUT2D eigenvalue weighted by Crippen LogP contribution is 2.23. The van der Waals surface area contributed by atoms with Gasteiger partial charge in [0.25, 0.3) is 5.91 Å². The summed E-state index contributed by atoms with van der Waals surface area (Å²) in [5.74, 6) is 0.199. The smallest absolute Gasteiger partial charge is 0.329 e. The number of rotatable bonds is 3. The number of nitrogens with zero attached hydrogens (tertiary/aromatic N) is 2. The van der Waals surface area contributed by atoms with Gasteiger partial charge >= 0.3 is 5.97 Å². The quantitative estimate of drug-likeness (QED) is 0.867. The molecule has 1 amide bonds. The average Bonchev–Trinajstić information content (AvgIpc) is 2.52. The topological polar surface area (TPSA) is 71.5 Å². The van der Waals surface area contributed by atoms with Crippen molar-refractivity contribution in [3.05, 3.63) is 23.9 Å². The molecule has 1 atom stereocenters. The lowest BCUT2D eigenvalue weighted by Gasteiger charge is -2.35. The van der Waals surface area contributed by atoms with Crippen molar-refractivity contribution in [2.75, 3.05) is 18.9 Å². The third-order valence-electron chi connectivity index (χ3n) is 3.71. The van der Waals surface area contributed by atoms with Crippen LogP contribution in [-0.2, 0) is 9.53 Å². The van der Waals surface area contributed by atoms with E-state index in [2.05, 4.69) is 10.3 Å². The van der Waals surface area contributed by atoms with Gasteiger partial charge < -0.3 is 15.0 Å². The number of carbonyl (C=O) groups is 2. The van der Waals surface area contributed by atoms with E-state index in [0.717, 1.165) is 12.8 Å². The first-order valence-electron chi connectivity index (χ1n) is 7.99. The van der Waals surface area contributed by atoms with Crippen LogP contribution in [0.25, 0.3) is 0 Å². The largest absolute Gasteiger partial charge is 0.458 e. The Hall–Kier alpha value is -2.11. The molecule has 0 radical (unpaired) electrons. The Morgan fingerprint density at radius 2 is 2.04 bits per heavy atom. The van der Waals surface area contributed by atoms with Crippen LogP contribution in [-0.4, -0.2) is 47.0 Å². The number of pyridine rings is 1. The van der Waals surface area contributed by atoms with Crippen molar-refractivity contribution in [1.29, 1.82) is 0 Å². The van der Waals surface area contributed by atoms with Gasteiger partial charge in [-0.1, -0.05) is 0 Å². The Labute approximate surface area is 137 Å². The Morgan fingerprint density at radius 1 is 1.30 bits per heavy atom. The summed E-state index contributed by atoms with van der Waals surface area (Å²) in [6, 6.07) is 2.96. The highest BCUT2D eigenvalue weighted by molar-refractivity contribution is 5.96. The maximum Gasteiger partial charge on any atom is 0.329 e. The molecule has 1 aromatic rings. The molecule has 1 aliphatic rings. The number of hydrogen-bond donors (Lipinski definition) is 1. The molecule has 0 bridgehead atoms. The van der Waals surface area contributed by atoms with E-state index in [0.29, 0.717) is 24.3 Å². The number of nitrogens with one attached hydrogen (secondary N) is 1. The summed E-state index contributed by atoms with van der Waals surface area (Å²) in [6.45, 7) is 6.07. The van der Waals surface area contributed by atoms with Gasteiger partial charge in [-0.05, 0) is 52.2 Å². The summed E-state index contributed by atoms with van der Waals surface area (Å²) in [4.78, 5) is 30.9. The van der Waals surface area contributed by atoms with Gasteiger partial charge in [0, 0.05) is 19.8 Å². The number of ether oxygens (including phenoxy) is 1. The van der Waals surface area contributed by atoms with Crippen LogP contribution in [0.4, 0.5) is 5.82 Å². The van der Waals surface area contributed by atoms with Crippen LogP contribution < -0.4 is 5.32 Å². The maximum atomic E-state index is 12.7. The molecule has 1 saturated heterocycles. The van der Waals surface area contributed by atoms with Crippen LogP contribution in [0.5, 0.6) is 0 Å². The van der Waals surface area contributed by atoms with Crippen LogP contribution in [0.1, 0.15) is 50.4 Å². The fourth-order valence-electron chi connectivity index (χ4n) is 2.62. The molecule has 0 spiro atoms. The molecule has 2 rings (SSSR count). The van der Waals surface area contributed by atoms with Crippen molar-refractivity contribution in [2.24, 2.45) is 0 Å². The number of amides is 1. The second-order valence-corrected chi connectivity index (χ2v) is 6.73. The van der Waals surface area contributed by atoms with Crippen LogP contribution in [0.3, 0.4) is 0 Å². The first-order valence-corrected chi connectivity index (χ1v) is 7.99. The van der Waals surface area contributed by atoms with E-state index in [1.807, 2.05) is 20.8 Å². The van der Waals surface area contributed by atoms with E-state index in [9.17, 15) is 9.59 Å². The van der Waals surface area contributed by atoms with E-state index in [-0.39, 0.29) is 11.9 Å². The molecule has 6 nitrogen and oxygen atoms in total. The Balaban J connectivity index is 2.16. The standard InChI is InChI=1S/C17H25N3O3/c1-17(2,3)23-16(22)13-7-5-6-10-20(13)15(21)12-8-9-14(18-4)19-11-12/h8-9,11,13H,5-7,10H2,1-4H3,(H,18,19)/t13-/m0/s1. The molecule has 1 fully saturated rings. The molecular formula is C17H25N3O3. The monoisotopic (exact) mass is 319 g/mol. The fourth-order valence-corrected chi connectivity index (χ4v) is 2.62. The van der Waals surface area contributed by atoms with E-state index in [1.165, 1.54) is 6.20 Å². The lowest BCUT2D eigenvalue weighted by molar-refractivity contribution is -0.161. The molecule has 0 aliphatic carbocycles. The highest BCUT2D eigenvalue weighted by Gasteiger charge is 2.35. The second kappa shape index (κ2) is 6.98. The van der Waals surface area contributed by atoms with Crippen molar-refractivity contribution >= 4 is 17.7 Å². The molecule has 126 valence electrons. The van der Waals surface area contributed by atoms with Crippen LogP contribution in [0, 0.1) is 0 Å². The summed E-state index contributed by atoms with van der Waals surface area (Å²) in [6.07, 6.45) is 4.00. The predicted octanol–water partition coefficient (Wildman–Crippen LogP) is 2.46. The predicted molar refractivity (Wildman–Crippen MR) is 88.3 cm³/mol. The normalized spacial score (nSPS) is 18.4. The van der Waals surface area contributed by atoms with E-state index >= 15 is 0 Å². The number of hydrogen-bond acceptors (Lipinski definition) is 5. The molecule has 1 N–H and O–H groups in total. The zero-order chi connectivity index (χ0) is 17.0. The van der Waals surface area contributed by atoms with Gasteiger partial charge in [-0.25, -0.2) is 9.78 Å². The molecule has 1 aliphatic heterocycles. The molecule has 6 heteroatoms. The van der Waals surface area contributed by atoms with Crippen LogP contribution in [0.2, 0.25) is 0 Å². The van der Waals surface area contributed by atoms with Crippen molar-refractivity contribution in [1.82, 2.24) is 9.88 Å². The number of likely N-dealkylation sites (tertiary alicyclic amines) is 1. The van der Waals surface area contributed by atoms with Gasteiger partial charge in [0.2, 0.25) is 0 Å². The second-order valence-electron chi connectivity index (χ2n) is 6.73. The molecule has 23 heavy (non-hydrogen) atoms. The number of esters is 1. The zero-order valence-corrected chi connectivity index (χ0v) is 14.3. The summed E-state index contributed by atoms with van der Waals surface area (Å²) in [5, 5.41) is 2.92. The minimum atomic E-state index is -0.556. The molecule has 0 saturated carbocycles. The molecular weight excluding hydrogens is 294 g/mol. The molecule has 0 aromatic carbocycles. The van der Waals surface area contributed by atoms with Gasteiger partial charge in [0.05, 0.1) is 5.56 Å². The summed E-state index contributed by atoms with van der Waals surface area (Å²) in [7, 11) is 1.77. The number of piperidine rings is 1. The van der Waals surface area contributed by atoms with Crippen molar-refractivity contribution in [3.8, 4) is 0 Å². The van der Waals surface area contributed by atoms with E-state index < -0.39 is 11.6 Å². The number of aromatic nitrogens is 1. The summed E-state index contributed by atoms with van der Waals surface area (Å²) < 4.78 is 5.47. The Morgan fingerprint density at radius 3 is 2.61 bits per heavy atom. The minimum Gasteiger partial charge on any atom is -0.458 e. The first-order chi connectivity index (χ1) is 10.8. The third kappa shape index (κ3) is 4.43. The van der Waals surface area contributed by atoms with Gasteiger partial charge in [0.15, 0.2) is 0 Å². The Kier molecular flexibility index (Phi) is 5.23. The maximum absolute atomic E-state index is 12.7. The lowest BCUT2D eigenvalue weighted by atomic mass is 10.0. The van der Waals surface area contributed by atoms with Gasteiger partial charge in [-0.3, -0.25) is 4.79 Å². The summed E-state index contributed by atoms with van der Waals surface area (Å²) >= 11 is 0. The van der Waals surface area contributed by atoms with Crippen LogP contribution in [0.15, 0.2) is 18.3 Å². The highest BCUT2D eigenvalue weighted by atomic mass is 16.6. The van der Waals surface area contributed by atoms with Crippen molar-refractivity contribution in [2.45, 2.75) is 51.7 Å². The zero-order valence-electron chi connectivity index (χ0n) is 14.3. The molecule has 1 aromatic heterocycles. The first kappa shape index (κ1) is 17.2. The summed E-state index contributed by atoms with van der Waals surface area (Å²) in [5.41, 5.74) is -0.0707. The van der Waals surface area contributed by atoms with Crippen molar-refractivity contribution < 1.29 is 14.3 Å². The Bertz CT molecular complexity index is 563. The van der Waals surface area contributed by atoms with Gasteiger partial charge in [-0.15, -0.1) is 0 Å². The SMILES string of the molecule is CNc1ccc(C(=O)N2CCCC[C@H]2C(=O)OC(C)(C)C)cn1. The number of anilines is 1. The lowest BCUT2D eigenvalue weighted by Crippen LogP contribution is -2.50. The number of carbonyl (C=O) groups excluding carboxylic acids is 2. The van der Waals surface area contributed by atoms with E-state index in [1.54, 1.807) is 24.1 Å². The van der Waals surface area contributed by atoms with Gasteiger partial charge in [0.1, 0.15) is 17.5 Å². The fraction of sp³-hybridized carbons (Fsp3) is 0.588. The van der Waals surface area contributed by atoms with Crippen molar-refractivity contribution in [3.63, 3.8) is 0 Å². The molecule has 2 heterocycles. The minimum absolute atomic E-state index is 0.171. The van der Waals surface area contributed by atoms with Crippen LogP contribution >= 0.6 is 0 Å². The molecule has 0 unspecified atom stereocenters.